The van der Waals surface area contributed by atoms with Crippen molar-refractivity contribution in [1.82, 2.24) is 9.80 Å². The molecule has 0 aliphatic carbocycles. The highest BCUT2D eigenvalue weighted by atomic mass is 35.5. The molecule has 0 bridgehead atoms. The van der Waals surface area contributed by atoms with Crippen molar-refractivity contribution >= 4 is 36.6 Å². The zero-order valence-electron chi connectivity index (χ0n) is 23.1. The highest BCUT2D eigenvalue weighted by molar-refractivity contribution is 6.18. The quantitative estimate of drug-likeness (QED) is 0.321. The van der Waals surface area contributed by atoms with Crippen molar-refractivity contribution in [3.05, 3.63) is 47.5 Å². The zero-order valence-corrected chi connectivity index (χ0v) is 24.7. The smallest absolute Gasteiger partial charge is 0.153 e. The Labute approximate surface area is 247 Å². The molecule has 0 radical (unpaired) electrons. The first-order valence-corrected chi connectivity index (χ1v) is 13.3. The second-order valence-corrected chi connectivity index (χ2v) is 8.89. The molecule has 10 nitrogen and oxygen atoms in total. The van der Waals surface area contributed by atoms with Gasteiger partial charge in [0.15, 0.2) is 12.6 Å². The number of phenols is 1. The van der Waals surface area contributed by atoms with Crippen molar-refractivity contribution in [3.63, 3.8) is 0 Å². The van der Waals surface area contributed by atoms with Crippen LogP contribution in [0.4, 0.5) is 0 Å². The van der Waals surface area contributed by atoms with Gasteiger partial charge in [-0.2, -0.15) is 0 Å². The molecule has 2 heterocycles. The van der Waals surface area contributed by atoms with E-state index in [1.165, 1.54) is 19.2 Å². The number of carbonyl (C=O) groups is 2. The third-order valence-corrected chi connectivity index (χ3v) is 6.15. The fourth-order valence-corrected chi connectivity index (χ4v) is 3.92. The van der Waals surface area contributed by atoms with Gasteiger partial charge < -0.3 is 28.8 Å². The topological polar surface area (TPSA) is 107 Å². The molecule has 2 fully saturated rings. The summed E-state index contributed by atoms with van der Waals surface area (Å²) in [5.74, 6) is 2.53. The second-order valence-electron chi connectivity index (χ2n) is 8.51. The summed E-state index contributed by atoms with van der Waals surface area (Å²) < 4.78 is 26.0. The average molecular weight is 604 g/mol. The molecule has 0 atom stereocenters. The molecule has 0 amide bonds. The molecule has 0 spiro atoms. The van der Waals surface area contributed by atoms with Crippen LogP contribution in [0, 0.1) is 0 Å². The van der Waals surface area contributed by atoms with Crippen molar-refractivity contribution in [2.24, 2.45) is 0 Å². The van der Waals surface area contributed by atoms with Crippen molar-refractivity contribution in [2.45, 2.75) is 0 Å². The average Bonchev–Trinajstić information content (AvgIpc) is 2.99. The summed E-state index contributed by atoms with van der Waals surface area (Å²) in [4.78, 5) is 25.9. The largest absolute Gasteiger partial charge is 0.507 e. The molecule has 0 unspecified atom stereocenters. The molecule has 0 aromatic heterocycles. The minimum absolute atomic E-state index is 0. The van der Waals surface area contributed by atoms with Gasteiger partial charge in [0.1, 0.15) is 29.6 Å². The van der Waals surface area contributed by atoms with Gasteiger partial charge in [-0.3, -0.25) is 19.4 Å². The van der Waals surface area contributed by atoms with E-state index >= 15 is 0 Å². The van der Waals surface area contributed by atoms with E-state index in [-0.39, 0.29) is 23.7 Å². The van der Waals surface area contributed by atoms with Gasteiger partial charge in [-0.05, 0) is 36.4 Å². The maximum absolute atomic E-state index is 11.0. The lowest BCUT2D eigenvalue weighted by molar-refractivity contribution is 0.0322. The first kappa shape index (κ1) is 35.4. The van der Waals surface area contributed by atoms with Crippen LogP contribution in [0.1, 0.15) is 20.7 Å². The highest BCUT2D eigenvalue weighted by Gasteiger charge is 2.11. The number of ether oxygens (including phenoxy) is 5. The van der Waals surface area contributed by atoms with Crippen LogP contribution in [0.15, 0.2) is 36.4 Å². The summed E-state index contributed by atoms with van der Waals surface area (Å²) in [5.41, 5.74) is 0.755. The predicted octanol–water partition coefficient (Wildman–Crippen LogP) is 3.41. The number of phenolic OH excluding ortho intramolecular Hbond substituents is 1. The van der Waals surface area contributed by atoms with E-state index in [0.29, 0.717) is 35.7 Å². The fourth-order valence-electron chi connectivity index (χ4n) is 3.68. The minimum Gasteiger partial charge on any atom is -0.507 e. The van der Waals surface area contributed by atoms with Gasteiger partial charge in [0.2, 0.25) is 0 Å². The van der Waals surface area contributed by atoms with Gasteiger partial charge in [0.05, 0.1) is 51.8 Å². The van der Waals surface area contributed by atoms with Crippen LogP contribution in [0.5, 0.6) is 23.0 Å². The van der Waals surface area contributed by atoms with Crippen LogP contribution in [-0.2, 0) is 9.47 Å². The zero-order chi connectivity index (χ0) is 28.3. The lowest BCUT2D eigenvalue weighted by atomic mass is 10.2. The van der Waals surface area contributed by atoms with Gasteiger partial charge in [0.25, 0.3) is 0 Å². The molecule has 2 aliphatic rings. The predicted molar refractivity (Wildman–Crippen MR) is 156 cm³/mol. The Bertz CT molecular complexity index is 984. The van der Waals surface area contributed by atoms with E-state index in [4.69, 9.17) is 40.4 Å². The van der Waals surface area contributed by atoms with E-state index in [0.717, 1.165) is 77.9 Å². The lowest BCUT2D eigenvalue weighted by Gasteiger charge is -2.26. The number of hydrogen-bond donors (Lipinski definition) is 1. The SMILES string of the molecule is COc1ccc(O)c(C=O)c1.COc1ccc(OCCN2CCOCC2)c(C=O)c1.Cl.ClCCN1CCOCC1. The summed E-state index contributed by atoms with van der Waals surface area (Å²) in [6.07, 6.45) is 1.37. The van der Waals surface area contributed by atoms with Crippen LogP contribution >= 0.6 is 24.0 Å². The first-order chi connectivity index (χ1) is 19.0. The summed E-state index contributed by atoms with van der Waals surface area (Å²) >= 11 is 5.55. The van der Waals surface area contributed by atoms with E-state index in [1.54, 1.807) is 31.4 Å². The summed E-state index contributed by atoms with van der Waals surface area (Å²) in [6.45, 7) is 9.68. The number of methoxy groups -OCH3 is 2. The van der Waals surface area contributed by atoms with Gasteiger partial charge in [-0.15, -0.1) is 24.0 Å². The molecule has 4 rings (SSSR count). The van der Waals surface area contributed by atoms with Crippen LogP contribution in [0.25, 0.3) is 0 Å². The molecule has 1 N–H and O–H groups in total. The molecule has 224 valence electrons. The Morgan fingerprint density at radius 1 is 0.825 bits per heavy atom. The Balaban J connectivity index is 0.000000324. The van der Waals surface area contributed by atoms with E-state index in [1.807, 2.05) is 0 Å². The number of carbonyl (C=O) groups excluding carboxylic acids is 2. The molecular weight excluding hydrogens is 563 g/mol. The Morgan fingerprint density at radius 3 is 1.82 bits per heavy atom. The molecule has 2 aromatic carbocycles. The number of alkyl halides is 1. The van der Waals surface area contributed by atoms with Gasteiger partial charge in [-0.1, -0.05) is 0 Å². The molecule has 40 heavy (non-hydrogen) atoms. The number of hydrogen-bond acceptors (Lipinski definition) is 10. The lowest BCUT2D eigenvalue weighted by Crippen LogP contribution is -2.38. The van der Waals surface area contributed by atoms with Gasteiger partial charge in [-0.25, -0.2) is 0 Å². The van der Waals surface area contributed by atoms with Gasteiger partial charge in [0, 0.05) is 45.1 Å². The fraction of sp³-hybridized carbons (Fsp3) is 0.500. The number of aldehydes is 2. The molecular formula is C28H40Cl2N2O8. The monoisotopic (exact) mass is 602 g/mol. The number of benzene rings is 2. The van der Waals surface area contributed by atoms with E-state index < -0.39 is 0 Å². The molecule has 2 saturated heterocycles. The minimum atomic E-state index is -0.0270. The second kappa shape index (κ2) is 21.2. The number of morpholine rings is 2. The Kier molecular flexibility index (Phi) is 18.8. The van der Waals surface area contributed by atoms with Crippen LogP contribution < -0.4 is 14.2 Å². The molecule has 2 aliphatic heterocycles. The molecule has 12 heteroatoms. The van der Waals surface area contributed by atoms with Crippen molar-refractivity contribution in [3.8, 4) is 23.0 Å². The van der Waals surface area contributed by atoms with Crippen molar-refractivity contribution < 1.29 is 38.4 Å². The summed E-state index contributed by atoms with van der Waals surface area (Å²) in [7, 11) is 3.07. The standard InChI is InChI=1S/C14H19NO4.C8H8O3.C6H12ClNO.ClH/c1-17-13-2-3-14(12(10-13)11-16)19-9-6-15-4-7-18-8-5-15;1-11-7-2-3-8(10)6(4-7)5-9;7-1-2-8-3-5-9-6-4-8;/h2-3,10-11H,4-9H2,1H3;2-5,10H,1H3;1-6H2;1H. The highest BCUT2D eigenvalue weighted by Crippen LogP contribution is 2.23. The normalized spacial score (nSPS) is 15.2. The Hall–Kier alpha value is -2.60. The maximum atomic E-state index is 11.0. The summed E-state index contributed by atoms with van der Waals surface area (Å²) in [5, 5.41) is 9.04. The number of rotatable bonds is 10. The number of halogens is 2. The Morgan fingerprint density at radius 2 is 1.32 bits per heavy atom. The van der Waals surface area contributed by atoms with Crippen LogP contribution in [-0.4, -0.2) is 120 Å². The first-order valence-electron chi connectivity index (χ1n) is 12.8. The molecule has 0 saturated carbocycles. The third kappa shape index (κ3) is 13.2. The van der Waals surface area contributed by atoms with Crippen molar-refractivity contribution in [2.75, 3.05) is 92.4 Å². The molecule has 2 aromatic rings. The van der Waals surface area contributed by atoms with Crippen molar-refractivity contribution in [1.29, 1.82) is 0 Å². The number of aromatic hydroxyl groups is 1. The van der Waals surface area contributed by atoms with Gasteiger partial charge >= 0.3 is 0 Å². The number of nitrogens with zero attached hydrogens (tertiary/aromatic N) is 2. The van der Waals surface area contributed by atoms with Crippen LogP contribution in [0.3, 0.4) is 0 Å². The van der Waals surface area contributed by atoms with Crippen LogP contribution in [0.2, 0.25) is 0 Å². The summed E-state index contributed by atoms with van der Waals surface area (Å²) in [6, 6.07) is 9.71. The van der Waals surface area contributed by atoms with E-state index in [2.05, 4.69) is 9.80 Å². The third-order valence-electron chi connectivity index (χ3n) is 5.98. The van der Waals surface area contributed by atoms with E-state index in [9.17, 15) is 9.59 Å². The maximum Gasteiger partial charge on any atom is 0.153 e.